The first-order valence-corrected chi connectivity index (χ1v) is 14.0. The Balaban J connectivity index is 1.50. The summed E-state index contributed by atoms with van der Waals surface area (Å²) in [6.07, 6.45) is 8.04. The van der Waals surface area contributed by atoms with Gasteiger partial charge in [0.1, 0.15) is 0 Å². The minimum Gasteiger partial charge on any atom is -0.424 e. The standard InChI is InChI=1S/C28H38O3Si/c1-28(2,22-14-5-3-4-6-15-23-30-27-21-13-16-24-31-27)32(29,25-17-9-7-10-18-25)26-19-11-8-12-20-26/h7-12,17-20,27,29H,4,6,13-16,21-24H2,1-2H3. The van der Waals surface area contributed by atoms with Crippen LogP contribution in [0.3, 0.4) is 0 Å². The Morgan fingerprint density at radius 1 is 0.938 bits per heavy atom. The molecule has 0 amide bonds. The Kier molecular flexibility index (Phi) is 9.56. The van der Waals surface area contributed by atoms with Crippen LogP contribution in [0.25, 0.3) is 0 Å². The van der Waals surface area contributed by atoms with E-state index in [0.717, 1.165) is 68.5 Å². The molecule has 1 aliphatic heterocycles. The molecule has 32 heavy (non-hydrogen) atoms. The van der Waals surface area contributed by atoms with Crippen LogP contribution >= 0.6 is 0 Å². The predicted octanol–water partition coefficient (Wildman–Crippen LogP) is 5.02. The van der Waals surface area contributed by atoms with Crippen molar-refractivity contribution in [1.29, 1.82) is 0 Å². The zero-order valence-electron chi connectivity index (χ0n) is 19.7. The van der Waals surface area contributed by atoms with Crippen LogP contribution in [-0.4, -0.2) is 32.6 Å². The van der Waals surface area contributed by atoms with E-state index >= 15 is 0 Å². The number of hydrogen-bond acceptors (Lipinski definition) is 3. The molecule has 1 atom stereocenters. The van der Waals surface area contributed by atoms with Gasteiger partial charge >= 0.3 is 0 Å². The van der Waals surface area contributed by atoms with Crippen molar-refractivity contribution in [3.63, 3.8) is 0 Å². The number of hydrogen-bond donors (Lipinski definition) is 1. The van der Waals surface area contributed by atoms with E-state index < -0.39 is 8.32 Å². The second-order valence-corrected chi connectivity index (χ2v) is 13.2. The van der Waals surface area contributed by atoms with Gasteiger partial charge in [-0.25, -0.2) is 0 Å². The zero-order valence-corrected chi connectivity index (χ0v) is 20.7. The molecule has 0 bridgehead atoms. The topological polar surface area (TPSA) is 38.7 Å². The maximum Gasteiger partial charge on any atom is 0.258 e. The Bertz CT molecular complexity index is 809. The second-order valence-electron chi connectivity index (χ2n) is 9.30. The smallest absolute Gasteiger partial charge is 0.258 e. The van der Waals surface area contributed by atoms with Crippen molar-refractivity contribution in [3.05, 3.63) is 60.7 Å². The summed E-state index contributed by atoms with van der Waals surface area (Å²) >= 11 is 0. The molecule has 0 aliphatic carbocycles. The minimum atomic E-state index is -2.93. The summed E-state index contributed by atoms with van der Waals surface area (Å²) in [4.78, 5) is 12.2. The van der Waals surface area contributed by atoms with E-state index in [9.17, 15) is 4.80 Å². The van der Waals surface area contributed by atoms with Crippen molar-refractivity contribution in [2.24, 2.45) is 0 Å². The molecule has 3 rings (SSSR count). The number of benzene rings is 2. The van der Waals surface area contributed by atoms with Gasteiger partial charge in [0, 0.05) is 26.1 Å². The summed E-state index contributed by atoms with van der Waals surface area (Å²) in [5.74, 6) is 6.68. The highest BCUT2D eigenvalue weighted by molar-refractivity contribution is 6.98. The SMILES string of the molecule is CC(C)(CCC#CCCCCOC1CCCCO1)[Si](O)(c1ccccc1)c1ccccc1. The zero-order chi connectivity index (χ0) is 22.7. The van der Waals surface area contributed by atoms with Crippen molar-refractivity contribution in [2.45, 2.75) is 76.5 Å². The first kappa shape index (κ1) is 24.7. The lowest BCUT2D eigenvalue weighted by molar-refractivity contribution is -0.162. The summed E-state index contributed by atoms with van der Waals surface area (Å²) in [6, 6.07) is 20.4. The van der Waals surface area contributed by atoms with Gasteiger partial charge in [0.25, 0.3) is 8.32 Å². The molecule has 1 saturated heterocycles. The predicted molar refractivity (Wildman–Crippen MR) is 135 cm³/mol. The summed E-state index contributed by atoms with van der Waals surface area (Å²) in [7, 11) is -2.93. The van der Waals surface area contributed by atoms with E-state index in [1.54, 1.807) is 0 Å². The maximum absolute atomic E-state index is 12.2. The van der Waals surface area contributed by atoms with Gasteiger partial charge in [0.05, 0.1) is 0 Å². The third-order valence-electron chi connectivity index (χ3n) is 6.50. The van der Waals surface area contributed by atoms with E-state index in [1.807, 2.05) is 36.4 Å². The number of rotatable bonds is 10. The molecule has 1 aliphatic rings. The van der Waals surface area contributed by atoms with Crippen molar-refractivity contribution in [1.82, 2.24) is 0 Å². The van der Waals surface area contributed by atoms with E-state index in [4.69, 9.17) is 9.47 Å². The molecule has 2 aromatic carbocycles. The third kappa shape index (κ3) is 6.56. The molecule has 1 fully saturated rings. The molecular weight excluding hydrogens is 412 g/mol. The van der Waals surface area contributed by atoms with Crippen LogP contribution in [0, 0.1) is 11.8 Å². The van der Waals surface area contributed by atoms with Gasteiger partial charge in [0.2, 0.25) is 0 Å². The van der Waals surface area contributed by atoms with Gasteiger partial charge in [0.15, 0.2) is 6.29 Å². The minimum absolute atomic E-state index is 0.00853. The third-order valence-corrected chi connectivity index (χ3v) is 11.0. The Morgan fingerprint density at radius 2 is 1.56 bits per heavy atom. The average Bonchev–Trinajstić information content (AvgIpc) is 2.84. The molecule has 2 aromatic rings. The first-order valence-electron chi connectivity index (χ1n) is 12.1. The van der Waals surface area contributed by atoms with Crippen LogP contribution in [-0.2, 0) is 9.47 Å². The quantitative estimate of drug-likeness (QED) is 0.314. The normalized spacial score (nSPS) is 16.9. The molecule has 172 valence electrons. The first-order chi connectivity index (χ1) is 15.5. The lowest BCUT2D eigenvalue weighted by atomic mass is 10.1. The molecule has 1 heterocycles. The summed E-state index contributed by atoms with van der Waals surface area (Å²) in [6.45, 7) is 5.99. The number of ether oxygens (including phenoxy) is 2. The molecule has 1 unspecified atom stereocenters. The van der Waals surface area contributed by atoms with Gasteiger partial charge in [-0.15, -0.1) is 11.8 Å². The maximum atomic E-state index is 12.2. The Morgan fingerprint density at radius 3 is 2.16 bits per heavy atom. The van der Waals surface area contributed by atoms with E-state index in [0.29, 0.717) is 0 Å². The molecule has 0 aromatic heterocycles. The fourth-order valence-corrected chi connectivity index (χ4v) is 8.15. The van der Waals surface area contributed by atoms with E-state index in [-0.39, 0.29) is 11.3 Å². The summed E-state index contributed by atoms with van der Waals surface area (Å²) in [5, 5.41) is 1.88. The van der Waals surface area contributed by atoms with E-state index in [2.05, 4.69) is 50.0 Å². The van der Waals surface area contributed by atoms with Crippen molar-refractivity contribution < 1.29 is 14.3 Å². The van der Waals surface area contributed by atoms with Crippen LogP contribution in [0.4, 0.5) is 0 Å². The summed E-state index contributed by atoms with van der Waals surface area (Å²) in [5.41, 5.74) is 0. The van der Waals surface area contributed by atoms with Crippen molar-refractivity contribution >= 4 is 18.7 Å². The molecule has 4 heteroatoms. The van der Waals surface area contributed by atoms with E-state index in [1.165, 1.54) is 6.42 Å². The van der Waals surface area contributed by atoms with Gasteiger partial charge < -0.3 is 14.3 Å². The molecule has 0 radical (unpaired) electrons. The highest BCUT2D eigenvalue weighted by Crippen LogP contribution is 2.39. The van der Waals surface area contributed by atoms with Gasteiger partial charge in [-0.1, -0.05) is 74.5 Å². The highest BCUT2D eigenvalue weighted by Gasteiger charge is 2.49. The van der Waals surface area contributed by atoms with Crippen LogP contribution in [0.5, 0.6) is 0 Å². The molecule has 1 N–H and O–H groups in total. The van der Waals surface area contributed by atoms with Crippen LogP contribution in [0.1, 0.15) is 65.2 Å². The van der Waals surface area contributed by atoms with Crippen LogP contribution in [0.2, 0.25) is 5.04 Å². The van der Waals surface area contributed by atoms with Gasteiger partial charge in [-0.05, 0) is 53.9 Å². The molecule has 3 nitrogen and oxygen atoms in total. The fraction of sp³-hybridized carbons (Fsp3) is 0.500. The molecule has 0 spiro atoms. The number of unbranched alkanes of at least 4 members (excludes halogenated alkanes) is 2. The largest absolute Gasteiger partial charge is 0.424 e. The molecular formula is C28H38O3Si. The van der Waals surface area contributed by atoms with Crippen LogP contribution < -0.4 is 10.4 Å². The monoisotopic (exact) mass is 450 g/mol. The van der Waals surface area contributed by atoms with Gasteiger partial charge in [-0.3, -0.25) is 0 Å². The second kappa shape index (κ2) is 12.4. The lowest BCUT2D eigenvalue weighted by Crippen LogP contribution is -2.65. The molecule has 0 saturated carbocycles. The Labute approximate surface area is 195 Å². The summed E-state index contributed by atoms with van der Waals surface area (Å²) < 4.78 is 11.4. The van der Waals surface area contributed by atoms with Gasteiger partial charge in [-0.2, -0.15) is 0 Å². The van der Waals surface area contributed by atoms with Crippen molar-refractivity contribution in [2.75, 3.05) is 13.2 Å². The Hall–Kier alpha value is -1.90. The van der Waals surface area contributed by atoms with Crippen molar-refractivity contribution in [3.8, 4) is 11.8 Å². The highest BCUT2D eigenvalue weighted by atomic mass is 28.4. The van der Waals surface area contributed by atoms with Crippen LogP contribution in [0.15, 0.2) is 60.7 Å². The fourth-order valence-electron chi connectivity index (χ4n) is 4.41. The average molecular weight is 451 g/mol. The lowest BCUT2D eigenvalue weighted by Gasteiger charge is -2.41.